The highest BCUT2D eigenvalue weighted by Gasteiger charge is 2.05. The zero-order valence-electron chi connectivity index (χ0n) is 10.4. The highest BCUT2D eigenvalue weighted by Crippen LogP contribution is 2.22. The molecule has 4 heteroatoms. The van der Waals surface area contributed by atoms with Gasteiger partial charge in [-0.1, -0.05) is 23.7 Å². The van der Waals surface area contributed by atoms with Crippen LogP contribution in [-0.4, -0.2) is 5.11 Å². The molecule has 0 saturated carbocycles. The van der Waals surface area contributed by atoms with E-state index in [1.165, 1.54) is 18.2 Å². The van der Waals surface area contributed by atoms with E-state index >= 15 is 0 Å². The van der Waals surface area contributed by atoms with Gasteiger partial charge in [0, 0.05) is 10.6 Å². The number of ether oxygens (including phenoxy) is 1. The van der Waals surface area contributed by atoms with Gasteiger partial charge in [-0.15, -0.1) is 0 Å². The average Bonchev–Trinajstić information content (AvgIpc) is 2.40. The van der Waals surface area contributed by atoms with Crippen LogP contribution >= 0.6 is 11.6 Å². The fourth-order valence-electron chi connectivity index (χ4n) is 1.68. The Kier molecular flexibility index (Phi) is 4.40. The molecule has 0 saturated heterocycles. The third kappa shape index (κ3) is 3.69. The van der Waals surface area contributed by atoms with Crippen LogP contribution < -0.4 is 4.74 Å². The van der Waals surface area contributed by atoms with Crippen LogP contribution in [0, 0.1) is 5.82 Å². The van der Waals surface area contributed by atoms with Gasteiger partial charge in [0.2, 0.25) is 0 Å². The minimum absolute atomic E-state index is 0.180. The Morgan fingerprint density at radius 3 is 2.79 bits per heavy atom. The molecular formula is C15H14ClFO2. The summed E-state index contributed by atoms with van der Waals surface area (Å²) in [6.45, 7) is 1.86. The van der Waals surface area contributed by atoms with Crippen molar-refractivity contribution in [2.24, 2.45) is 0 Å². The Bertz CT molecular complexity index is 570. The summed E-state index contributed by atoms with van der Waals surface area (Å²) in [5.41, 5.74) is 1.35. The SMILES string of the molecule is C[C@H](O)c1cccc(OCc2cc(F)ccc2Cl)c1. The lowest BCUT2D eigenvalue weighted by molar-refractivity contribution is 0.198. The van der Waals surface area contributed by atoms with Crippen molar-refractivity contribution in [1.29, 1.82) is 0 Å². The average molecular weight is 281 g/mol. The molecule has 19 heavy (non-hydrogen) atoms. The van der Waals surface area contributed by atoms with Crippen LogP contribution in [0.25, 0.3) is 0 Å². The van der Waals surface area contributed by atoms with E-state index in [4.69, 9.17) is 16.3 Å². The lowest BCUT2D eigenvalue weighted by atomic mass is 10.1. The largest absolute Gasteiger partial charge is 0.489 e. The van der Waals surface area contributed by atoms with Gasteiger partial charge in [0.25, 0.3) is 0 Å². The third-order valence-corrected chi connectivity index (χ3v) is 3.11. The van der Waals surface area contributed by atoms with E-state index in [0.717, 1.165) is 5.56 Å². The van der Waals surface area contributed by atoms with E-state index in [9.17, 15) is 9.50 Å². The third-order valence-electron chi connectivity index (χ3n) is 2.74. The first-order valence-electron chi connectivity index (χ1n) is 5.91. The molecule has 0 unspecified atom stereocenters. The van der Waals surface area contributed by atoms with Crippen molar-refractivity contribution in [2.75, 3.05) is 0 Å². The molecule has 0 aliphatic heterocycles. The van der Waals surface area contributed by atoms with E-state index in [1.54, 1.807) is 25.1 Å². The molecule has 2 nitrogen and oxygen atoms in total. The molecule has 0 radical (unpaired) electrons. The highest BCUT2D eigenvalue weighted by atomic mass is 35.5. The quantitative estimate of drug-likeness (QED) is 0.913. The molecule has 1 N–H and O–H groups in total. The second kappa shape index (κ2) is 6.04. The van der Waals surface area contributed by atoms with Crippen molar-refractivity contribution >= 4 is 11.6 Å². The first-order chi connectivity index (χ1) is 9.06. The number of rotatable bonds is 4. The summed E-state index contributed by atoms with van der Waals surface area (Å²) in [6.07, 6.45) is -0.554. The summed E-state index contributed by atoms with van der Waals surface area (Å²) in [5.74, 6) is 0.263. The highest BCUT2D eigenvalue weighted by molar-refractivity contribution is 6.31. The number of hydrogen-bond donors (Lipinski definition) is 1. The molecule has 0 aliphatic rings. The fraction of sp³-hybridized carbons (Fsp3) is 0.200. The van der Waals surface area contributed by atoms with E-state index in [-0.39, 0.29) is 12.4 Å². The Morgan fingerprint density at radius 1 is 1.26 bits per heavy atom. The number of aliphatic hydroxyl groups excluding tert-OH is 1. The second-order valence-corrected chi connectivity index (χ2v) is 4.68. The zero-order valence-corrected chi connectivity index (χ0v) is 11.2. The van der Waals surface area contributed by atoms with E-state index in [0.29, 0.717) is 16.3 Å². The van der Waals surface area contributed by atoms with E-state index in [1.807, 2.05) is 6.07 Å². The summed E-state index contributed by atoms with van der Waals surface area (Å²) < 4.78 is 18.7. The second-order valence-electron chi connectivity index (χ2n) is 4.27. The van der Waals surface area contributed by atoms with Gasteiger partial charge in [-0.3, -0.25) is 0 Å². The van der Waals surface area contributed by atoms with Crippen LogP contribution in [-0.2, 0) is 6.61 Å². The van der Waals surface area contributed by atoms with E-state index in [2.05, 4.69) is 0 Å². The monoisotopic (exact) mass is 280 g/mol. The van der Waals surface area contributed by atoms with Gasteiger partial charge in [-0.25, -0.2) is 4.39 Å². The molecule has 0 bridgehead atoms. The van der Waals surface area contributed by atoms with Crippen LogP contribution in [0.3, 0.4) is 0 Å². The topological polar surface area (TPSA) is 29.5 Å². The van der Waals surface area contributed by atoms with E-state index < -0.39 is 6.10 Å². The van der Waals surface area contributed by atoms with Crippen molar-refractivity contribution in [1.82, 2.24) is 0 Å². The molecule has 0 aliphatic carbocycles. The molecule has 2 aromatic carbocycles. The van der Waals surface area contributed by atoms with Gasteiger partial charge < -0.3 is 9.84 Å². The van der Waals surface area contributed by atoms with Gasteiger partial charge in [-0.2, -0.15) is 0 Å². The maximum atomic E-state index is 13.1. The first kappa shape index (κ1) is 13.8. The van der Waals surface area contributed by atoms with Crippen molar-refractivity contribution < 1.29 is 14.2 Å². The molecule has 2 rings (SSSR count). The maximum absolute atomic E-state index is 13.1. The molecule has 0 fully saturated rings. The smallest absolute Gasteiger partial charge is 0.123 e. The number of hydrogen-bond acceptors (Lipinski definition) is 2. The number of benzene rings is 2. The lowest BCUT2D eigenvalue weighted by Crippen LogP contribution is -1.98. The van der Waals surface area contributed by atoms with Crippen molar-refractivity contribution in [3.63, 3.8) is 0 Å². The van der Waals surface area contributed by atoms with Crippen LogP contribution in [0.1, 0.15) is 24.2 Å². The first-order valence-corrected chi connectivity index (χ1v) is 6.29. The molecule has 0 amide bonds. The normalized spacial score (nSPS) is 12.2. The van der Waals surface area contributed by atoms with Gasteiger partial charge in [0.1, 0.15) is 18.2 Å². The summed E-state index contributed by atoms with van der Waals surface area (Å²) >= 11 is 5.96. The summed E-state index contributed by atoms with van der Waals surface area (Å²) in [4.78, 5) is 0. The zero-order chi connectivity index (χ0) is 13.8. The Balaban J connectivity index is 2.10. The van der Waals surface area contributed by atoms with Crippen molar-refractivity contribution in [3.8, 4) is 5.75 Å². The molecular weight excluding hydrogens is 267 g/mol. The Labute approximate surface area is 116 Å². The van der Waals surface area contributed by atoms with Gasteiger partial charge in [0.05, 0.1) is 6.10 Å². The summed E-state index contributed by atoms with van der Waals surface area (Å²) in [7, 11) is 0. The molecule has 1 atom stereocenters. The van der Waals surface area contributed by atoms with Gasteiger partial charge >= 0.3 is 0 Å². The van der Waals surface area contributed by atoms with Crippen LogP contribution in [0.2, 0.25) is 5.02 Å². The minimum Gasteiger partial charge on any atom is -0.489 e. The predicted molar refractivity (Wildman–Crippen MR) is 72.8 cm³/mol. The maximum Gasteiger partial charge on any atom is 0.123 e. The summed E-state index contributed by atoms with van der Waals surface area (Å²) in [5, 5.41) is 9.95. The molecule has 2 aromatic rings. The van der Waals surface area contributed by atoms with Crippen LogP contribution in [0.4, 0.5) is 4.39 Å². The summed E-state index contributed by atoms with van der Waals surface area (Å²) in [6, 6.07) is 11.3. The van der Waals surface area contributed by atoms with Gasteiger partial charge in [0.15, 0.2) is 0 Å². The predicted octanol–water partition coefficient (Wildman–Crippen LogP) is 4.11. The molecule has 100 valence electrons. The lowest BCUT2D eigenvalue weighted by Gasteiger charge is -2.10. The van der Waals surface area contributed by atoms with Crippen molar-refractivity contribution in [2.45, 2.75) is 19.6 Å². The van der Waals surface area contributed by atoms with Crippen LogP contribution in [0.15, 0.2) is 42.5 Å². The molecule has 0 heterocycles. The standard InChI is InChI=1S/C15H14ClFO2/c1-10(18)11-3-2-4-14(8-11)19-9-12-7-13(17)5-6-15(12)16/h2-8,10,18H,9H2,1H3/t10-/m0/s1. The van der Waals surface area contributed by atoms with Crippen molar-refractivity contribution in [3.05, 3.63) is 64.4 Å². The number of aliphatic hydroxyl groups is 1. The fourth-order valence-corrected chi connectivity index (χ4v) is 1.85. The Hall–Kier alpha value is -1.58. The van der Waals surface area contributed by atoms with Crippen LogP contribution in [0.5, 0.6) is 5.75 Å². The molecule has 0 aromatic heterocycles. The molecule has 0 spiro atoms. The Morgan fingerprint density at radius 2 is 2.05 bits per heavy atom. The van der Waals surface area contributed by atoms with Gasteiger partial charge in [-0.05, 0) is 42.8 Å². The number of halogens is 2. The minimum atomic E-state index is -0.554.